The van der Waals surface area contributed by atoms with Gasteiger partial charge in [0.05, 0.1) is 12.7 Å². The second-order valence-corrected chi connectivity index (χ2v) is 6.67. The van der Waals surface area contributed by atoms with E-state index in [2.05, 4.69) is 15.9 Å². The number of carboxylic acids is 1. The molecule has 0 fully saturated rings. The third kappa shape index (κ3) is 3.71. The molecule has 3 aromatic carbocycles. The number of benzene rings is 3. The highest BCUT2D eigenvalue weighted by atomic mass is 79.9. The molecule has 0 aromatic heterocycles. The molecule has 0 amide bonds. The van der Waals surface area contributed by atoms with Crippen molar-refractivity contribution >= 4 is 44.5 Å². The topological polar surface area (TPSA) is 83.8 Å². The van der Waals surface area contributed by atoms with Crippen molar-refractivity contribution in [1.29, 1.82) is 0 Å². The van der Waals surface area contributed by atoms with Crippen LogP contribution in [0.1, 0.15) is 26.3 Å². The molecule has 0 aliphatic carbocycles. The van der Waals surface area contributed by atoms with E-state index in [4.69, 9.17) is 9.84 Å². The zero-order valence-electron chi connectivity index (χ0n) is 14.3. The van der Waals surface area contributed by atoms with Crippen molar-refractivity contribution in [3.8, 4) is 11.5 Å². The highest BCUT2D eigenvalue weighted by molar-refractivity contribution is 9.10. The van der Waals surface area contributed by atoms with Crippen molar-refractivity contribution in [3.63, 3.8) is 0 Å². The Morgan fingerprint density at radius 3 is 2.41 bits per heavy atom. The zero-order valence-corrected chi connectivity index (χ0v) is 15.9. The molecule has 136 valence electrons. The standard InChI is InChI=1S/C21H15BrO5/c1-27-19-7-3-5-14-12(4-2-6-15(14)19)8-9-18(23)16-10-13(22)11-17(20(16)24)21(25)26/h2-11,24H,1H3,(H,25,26)/b9-8+. The van der Waals surface area contributed by atoms with Gasteiger partial charge in [0, 0.05) is 9.86 Å². The number of aromatic carboxylic acids is 1. The molecule has 27 heavy (non-hydrogen) atoms. The molecule has 0 bridgehead atoms. The fraction of sp³-hybridized carbons (Fsp3) is 0.0476. The first-order chi connectivity index (χ1) is 12.9. The molecule has 0 spiro atoms. The number of rotatable bonds is 5. The maximum atomic E-state index is 12.5. The molecule has 2 N–H and O–H groups in total. The van der Waals surface area contributed by atoms with Crippen LogP contribution in [0.25, 0.3) is 16.8 Å². The summed E-state index contributed by atoms with van der Waals surface area (Å²) in [7, 11) is 1.59. The molecule has 3 rings (SSSR count). The van der Waals surface area contributed by atoms with Gasteiger partial charge in [0.15, 0.2) is 5.78 Å². The molecule has 0 aliphatic rings. The predicted octanol–water partition coefficient (Wildman–Crippen LogP) is 4.91. The number of hydrogen-bond donors (Lipinski definition) is 2. The number of fused-ring (bicyclic) bond motifs is 1. The predicted molar refractivity (Wildman–Crippen MR) is 107 cm³/mol. The van der Waals surface area contributed by atoms with Gasteiger partial charge in [-0.1, -0.05) is 52.3 Å². The summed E-state index contributed by atoms with van der Waals surface area (Å²) in [5, 5.41) is 21.1. The summed E-state index contributed by atoms with van der Waals surface area (Å²) in [5.74, 6) is -1.64. The number of methoxy groups -OCH3 is 1. The second-order valence-electron chi connectivity index (χ2n) is 5.75. The number of phenols is 1. The summed E-state index contributed by atoms with van der Waals surface area (Å²) < 4.78 is 5.75. The number of carbonyl (C=O) groups is 2. The first-order valence-electron chi connectivity index (χ1n) is 7.96. The third-order valence-electron chi connectivity index (χ3n) is 4.12. The molecule has 0 unspecified atom stereocenters. The van der Waals surface area contributed by atoms with Crippen molar-refractivity contribution in [2.75, 3.05) is 7.11 Å². The van der Waals surface area contributed by atoms with E-state index in [9.17, 15) is 14.7 Å². The third-order valence-corrected chi connectivity index (χ3v) is 4.58. The fourth-order valence-electron chi connectivity index (χ4n) is 2.83. The van der Waals surface area contributed by atoms with Gasteiger partial charge in [0.25, 0.3) is 0 Å². The van der Waals surface area contributed by atoms with E-state index in [0.717, 1.165) is 22.1 Å². The molecular weight excluding hydrogens is 412 g/mol. The fourth-order valence-corrected chi connectivity index (χ4v) is 3.29. The molecule has 0 saturated carbocycles. The van der Waals surface area contributed by atoms with Crippen molar-refractivity contribution in [1.82, 2.24) is 0 Å². The minimum absolute atomic E-state index is 0.0872. The van der Waals surface area contributed by atoms with Crippen molar-refractivity contribution < 1.29 is 24.5 Å². The second kappa shape index (κ2) is 7.63. The molecule has 5 nitrogen and oxygen atoms in total. The number of halogens is 1. The first kappa shape index (κ1) is 18.7. The molecule has 0 heterocycles. The summed E-state index contributed by atoms with van der Waals surface area (Å²) in [6.07, 6.45) is 2.94. The van der Waals surface area contributed by atoms with Gasteiger partial charge in [-0.3, -0.25) is 4.79 Å². The van der Waals surface area contributed by atoms with Gasteiger partial charge in [-0.05, 0) is 35.2 Å². The lowest BCUT2D eigenvalue weighted by Crippen LogP contribution is -2.03. The van der Waals surface area contributed by atoms with Gasteiger partial charge in [0.1, 0.15) is 17.1 Å². The Labute approximate surface area is 163 Å². The Morgan fingerprint density at radius 1 is 1.04 bits per heavy atom. The van der Waals surface area contributed by atoms with Crippen LogP contribution in [0.15, 0.2) is 59.1 Å². The van der Waals surface area contributed by atoms with Crippen LogP contribution in [-0.4, -0.2) is 29.1 Å². The average Bonchev–Trinajstić information content (AvgIpc) is 2.66. The number of ether oxygens (including phenoxy) is 1. The maximum Gasteiger partial charge on any atom is 0.339 e. The van der Waals surface area contributed by atoms with E-state index in [1.807, 2.05) is 36.4 Å². The van der Waals surface area contributed by atoms with E-state index >= 15 is 0 Å². The Balaban J connectivity index is 2.02. The number of ketones is 1. The van der Waals surface area contributed by atoms with Crippen LogP contribution in [-0.2, 0) is 0 Å². The van der Waals surface area contributed by atoms with Crippen LogP contribution in [0.2, 0.25) is 0 Å². The van der Waals surface area contributed by atoms with Crippen LogP contribution < -0.4 is 4.74 Å². The number of allylic oxidation sites excluding steroid dienone is 1. The molecule has 0 radical (unpaired) electrons. The van der Waals surface area contributed by atoms with E-state index in [1.165, 1.54) is 18.2 Å². The van der Waals surface area contributed by atoms with Gasteiger partial charge < -0.3 is 14.9 Å². The minimum atomic E-state index is -1.31. The highest BCUT2D eigenvalue weighted by Gasteiger charge is 2.18. The Kier molecular flexibility index (Phi) is 5.28. The average molecular weight is 427 g/mol. The normalized spacial score (nSPS) is 11.0. The van der Waals surface area contributed by atoms with Gasteiger partial charge in [0.2, 0.25) is 0 Å². The van der Waals surface area contributed by atoms with Crippen molar-refractivity contribution in [3.05, 3.63) is 75.8 Å². The van der Waals surface area contributed by atoms with Gasteiger partial charge in [-0.15, -0.1) is 0 Å². The smallest absolute Gasteiger partial charge is 0.339 e. The SMILES string of the molecule is COc1cccc2c(/C=C/C(=O)c3cc(Br)cc(C(=O)O)c3O)cccc12. The summed E-state index contributed by atoms with van der Waals surface area (Å²) in [4.78, 5) is 23.8. The summed E-state index contributed by atoms with van der Waals surface area (Å²) in [6.45, 7) is 0. The maximum absolute atomic E-state index is 12.5. The van der Waals surface area contributed by atoms with E-state index in [-0.39, 0.29) is 11.1 Å². The molecule has 0 atom stereocenters. The van der Waals surface area contributed by atoms with E-state index < -0.39 is 17.5 Å². The number of carboxylic acid groups (broad SMARTS) is 1. The van der Waals surface area contributed by atoms with Crippen LogP contribution >= 0.6 is 15.9 Å². The highest BCUT2D eigenvalue weighted by Crippen LogP contribution is 2.30. The van der Waals surface area contributed by atoms with Gasteiger partial charge >= 0.3 is 5.97 Å². The summed E-state index contributed by atoms with van der Waals surface area (Å²) in [6, 6.07) is 13.9. The number of hydrogen-bond acceptors (Lipinski definition) is 4. The first-order valence-corrected chi connectivity index (χ1v) is 8.75. The summed E-state index contributed by atoms with van der Waals surface area (Å²) in [5.41, 5.74) is 0.375. The lowest BCUT2D eigenvalue weighted by molar-refractivity contribution is 0.0693. The van der Waals surface area contributed by atoms with Crippen LogP contribution in [0.4, 0.5) is 0 Å². The number of carbonyl (C=O) groups excluding carboxylic acids is 1. The minimum Gasteiger partial charge on any atom is -0.506 e. The lowest BCUT2D eigenvalue weighted by Gasteiger charge is -2.08. The lowest BCUT2D eigenvalue weighted by atomic mass is 10.0. The summed E-state index contributed by atoms with van der Waals surface area (Å²) >= 11 is 3.16. The Bertz CT molecular complexity index is 1090. The Morgan fingerprint density at radius 2 is 1.70 bits per heavy atom. The monoisotopic (exact) mass is 426 g/mol. The molecule has 0 aliphatic heterocycles. The molecule has 0 saturated heterocycles. The number of aromatic hydroxyl groups is 1. The van der Waals surface area contributed by atoms with Crippen LogP contribution in [0.3, 0.4) is 0 Å². The van der Waals surface area contributed by atoms with Crippen LogP contribution in [0, 0.1) is 0 Å². The van der Waals surface area contributed by atoms with Crippen molar-refractivity contribution in [2.45, 2.75) is 0 Å². The quantitative estimate of drug-likeness (QED) is 0.447. The largest absolute Gasteiger partial charge is 0.506 e. The molecular formula is C21H15BrO5. The van der Waals surface area contributed by atoms with Crippen molar-refractivity contribution in [2.24, 2.45) is 0 Å². The Hall–Kier alpha value is -3.12. The van der Waals surface area contributed by atoms with E-state index in [0.29, 0.717) is 4.47 Å². The van der Waals surface area contributed by atoms with Gasteiger partial charge in [-0.25, -0.2) is 4.79 Å². The zero-order chi connectivity index (χ0) is 19.6. The molecule has 3 aromatic rings. The van der Waals surface area contributed by atoms with Gasteiger partial charge in [-0.2, -0.15) is 0 Å². The van der Waals surface area contributed by atoms with Crippen LogP contribution in [0.5, 0.6) is 11.5 Å². The van der Waals surface area contributed by atoms with E-state index in [1.54, 1.807) is 13.2 Å². The molecule has 6 heteroatoms.